The highest BCUT2D eigenvalue weighted by atomic mass is 35.5. The minimum absolute atomic E-state index is 0. The fourth-order valence-corrected chi connectivity index (χ4v) is 4.07. The van der Waals surface area contributed by atoms with Gasteiger partial charge >= 0.3 is 0 Å². The lowest BCUT2D eigenvalue weighted by Gasteiger charge is -2.24. The SMILES string of the molecule is O=S(=O)(c1ccc(Cl)cc1)N(CCc1ccccn1)c1ccccc1.[Cl-]. The number of benzene rings is 2. The Kier molecular flexibility index (Phi) is 7.03. The van der Waals surface area contributed by atoms with Gasteiger partial charge in [-0.05, 0) is 48.5 Å². The van der Waals surface area contributed by atoms with E-state index in [2.05, 4.69) is 4.98 Å². The van der Waals surface area contributed by atoms with Gasteiger partial charge in [0.1, 0.15) is 0 Å². The molecule has 3 aromatic rings. The molecule has 4 nitrogen and oxygen atoms in total. The van der Waals surface area contributed by atoms with Gasteiger partial charge in [-0.3, -0.25) is 9.29 Å². The summed E-state index contributed by atoms with van der Waals surface area (Å²) in [5.74, 6) is 0. The summed E-state index contributed by atoms with van der Waals surface area (Å²) < 4.78 is 27.7. The van der Waals surface area contributed by atoms with Crippen molar-refractivity contribution in [3.63, 3.8) is 0 Å². The first kappa shape index (κ1) is 20.2. The van der Waals surface area contributed by atoms with E-state index in [1.54, 1.807) is 30.5 Å². The molecule has 0 N–H and O–H groups in total. The Bertz CT molecular complexity index is 919. The van der Waals surface area contributed by atoms with Crippen molar-refractivity contribution < 1.29 is 20.8 Å². The summed E-state index contributed by atoms with van der Waals surface area (Å²) >= 11 is 5.88. The number of rotatable bonds is 6. The fourth-order valence-electron chi connectivity index (χ4n) is 2.48. The molecule has 2 aromatic carbocycles. The van der Waals surface area contributed by atoms with Crippen LogP contribution >= 0.6 is 11.6 Å². The third-order valence-electron chi connectivity index (χ3n) is 3.74. The molecule has 0 atom stereocenters. The molecule has 0 amide bonds. The maximum Gasteiger partial charge on any atom is 0.264 e. The van der Waals surface area contributed by atoms with Crippen LogP contribution in [0.4, 0.5) is 5.69 Å². The number of aromatic nitrogens is 1. The third-order valence-corrected chi connectivity index (χ3v) is 5.84. The van der Waals surface area contributed by atoms with Crippen LogP contribution in [0.15, 0.2) is 83.9 Å². The molecule has 136 valence electrons. The van der Waals surface area contributed by atoms with Gasteiger partial charge in [0.05, 0.1) is 10.6 Å². The summed E-state index contributed by atoms with van der Waals surface area (Å²) in [6.45, 7) is 0.298. The van der Waals surface area contributed by atoms with Crippen molar-refractivity contribution in [1.29, 1.82) is 0 Å². The molecule has 3 rings (SSSR count). The van der Waals surface area contributed by atoms with E-state index in [4.69, 9.17) is 11.6 Å². The molecule has 1 heterocycles. The predicted octanol–water partition coefficient (Wildman–Crippen LogP) is 1.18. The molecule has 0 saturated carbocycles. The molecular weight excluding hydrogens is 391 g/mol. The number of hydrogen-bond donors (Lipinski definition) is 0. The van der Waals surface area contributed by atoms with Crippen LogP contribution < -0.4 is 16.7 Å². The van der Waals surface area contributed by atoms with Crippen LogP contribution in [0.5, 0.6) is 0 Å². The predicted molar refractivity (Wildman–Crippen MR) is 100 cm³/mol. The van der Waals surface area contributed by atoms with Crippen LogP contribution in [-0.2, 0) is 16.4 Å². The van der Waals surface area contributed by atoms with Gasteiger partial charge in [-0.1, -0.05) is 35.9 Å². The summed E-state index contributed by atoms with van der Waals surface area (Å²) in [5.41, 5.74) is 1.46. The summed E-state index contributed by atoms with van der Waals surface area (Å²) in [7, 11) is -3.69. The zero-order valence-electron chi connectivity index (χ0n) is 13.8. The van der Waals surface area contributed by atoms with Crippen LogP contribution in [0.3, 0.4) is 0 Å². The van der Waals surface area contributed by atoms with Crippen LogP contribution in [0.1, 0.15) is 5.69 Å². The van der Waals surface area contributed by atoms with Crippen LogP contribution in [0.2, 0.25) is 5.02 Å². The zero-order valence-corrected chi connectivity index (χ0v) is 16.1. The van der Waals surface area contributed by atoms with Gasteiger partial charge in [0.2, 0.25) is 0 Å². The maximum atomic E-state index is 13.1. The second-order valence-electron chi connectivity index (χ2n) is 5.44. The summed E-state index contributed by atoms with van der Waals surface area (Å²) in [5, 5.41) is 0.499. The van der Waals surface area contributed by atoms with E-state index >= 15 is 0 Å². The van der Waals surface area contributed by atoms with Crippen molar-refractivity contribution in [2.24, 2.45) is 0 Å². The lowest BCUT2D eigenvalue weighted by Crippen LogP contribution is -3.00. The Morgan fingerprint density at radius 1 is 0.885 bits per heavy atom. The van der Waals surface area contributed by atoms with Gasteiger partial charge < -0.3 is 12.4 Å². The molecule has 26 heavy (non-hydrogen) atoms. The van der Waals surface area contributed by atoms with Gasteiger partial charge in [-0.25, -0.2) is 8.42 Å². The largest absolute Gasteiger partial charge is 1.00 e. The number of hydrogen-bond acceptors (Lipinski definition) is 3. The van der Waals surface area contributed by atoms with Crippen molar-refractivity contribution in [2.45, 2.75) is 11.3 Å². The highest BCUT2D eigenvalue weighted by Crippen LogP contribution is 2.24. The molecule has 0 radical (unpaired) electrons. The Labute approximate surface area is 164 Å². The topological polar surface area (TPSA) is 50.3 Å². The average molecular weight is 408 g/mol. The first-order valence-corrected chi connectivity index (χ1v) is 9.62. The van der Waals surface area contributed by atoms with Gasteiger partial charge in [-0.2, -0.15) is 0 Å². The van der Waals surface area contributed by atoms with Crippen LogP contribution in [0, 0.1) is 0 Å². The standard InChI is InChI=1S/C19H17ClN2O2S.ClH/c20-16-9-11-19(12-10-16)25(23,24)22(18-7-2-1-3-8-18)15-13-17-6-4-5-14-21-17;/h1-12,14H,13,15H2;1H/p-1. The molecule has 0 fully saturated rings. The number of sulfonamides is 1. The second-order valence-corrected chi connectivity index (χ2v) is 7.74. The lowest BCUT2D eigenvalue weighted by molar-refractivity contribution is -0.00000734. The summed E-state index contributed by atoms with van der Waals surface area (Å²) in [6.07, 6.45) is 2.22. The summed E-state index contributed by atoms with van der Waals surface area (Å²) in [4.78, 5) is 4.48. The van der Waals surface area contributed by atoms with E-state index in [0.29, 0.717) is 23.7 Å². The number of anilines is 1. The highest BCUT2D eigenvalue weighted by Gasteiger charge is 2.24. The number of nitrogens with zero attached hydrogens (tertiary/aromatic N) is 2. The molecule has 0 aliphatic rings. The van der Waals surface area contributed by atoms with E-state index in [1.807, 2.05) is 36.4 Å². The van der Waals surface area contributed by atoms with Crippen molar-refractivity contribution >= 4 is 27.3 Å². The first-order valence-electron chi connectivity index (χ1n) is 7.80. The van der Waals surface area contributed by atoms with Gasteiger partial charge in [-0.15, -0.1) is 0 Å². The van der Waals surface area contributed by atoms with Crippen LogP contribution in [0.25, 0.3) is 0 Å². The zero-order chi connectivity index (χ0) is 17.7. The molecule has 0 bridgehead atoms. The normalized spacial score (nSPS) is 10.8. The number of pyridine rings is 1. The minimum Gasteiger partial charge on any atom is -1.00 e. The molecule has 0 aliphatic heterocycles. The third kappa shape index (κ3) is 4.75. The Morgan fingerprint density at radius 2 is 1.54 bits per heavy atom. The molecule has 0 spiro atoms. The Morgan fingerprint density at radius 3 is 2.15 bits per heavy atom. The Hall–Kier alpha value is -2.08. The highest BCUT2D eigenvalue weighted by molar-refractivity contribution is 7.92. The van der Waals surface area contributed by atoms with E-state index in [0.717, 1.165) is 5.69 Å². The van der Waals surface area contributed by atoms with Crippen molar-refractivity contribution in [1.82, 2.24) is 4.98 Å². The average Bonchev–Trinajstić information content (AvgIpc) is 2.64. The lowest BCUT2D eigenvalue weighted by atomic mass is 10.2. The van der Waals surface area contributed by atoms with Crippen molar-refractivity contribution in [3.05, 3.63) is 89.7 Å². The van der Waals surface area contributed by atoms with E-state index in [1.165, 1.54) is 16.4 Å². The Balaban J connectivity index is 0.00000243. The van der Waals surface area contributed by atoms with Gasteiger partial charge in [0, 0.05) is 29.9 Å². The van der Waals surface area contributed by atoms with E-state index in [9.17, 15) is 8.42 Å². The quantitative estimate of drug-likeness (QED) is 0.616. The number of halogens is 2. The molecule has 0 aliphatic carbocycles. The minimum atomic E-state index is -3.69. The second kappa shape index (κ2) is 9.03. The summed E-state index contributed by atoms with van der Waals surface area (Å²) in [6, 6.07) is 20.9. The fraction of sp³-hybridized carbons (Fsp3) is 0.105. The maximum absolute atomic E-state index is 13.1. The van der Waals surface area contributed by atoms with Crippen molar-refractivity contribution in [3.8, 4) is 0 Å². The van der Waals surface area contributed by atoms with Crippen molar-refractivity contribution in [2.75, 3.05) is 10.8 Å². The molecule has 0 saturated heterocycles. The molecule has 1 aromatic heterocycles. The van der Waals surface area contributed by atoms with Gasteiger partial charge in [0.15, 0.2) is 0 Å². The first-order chi connectivity index (χ1) is 12.1. The molecular formula is C19H17Cl2N2O2S-. The smallest absolute Gasteiger partial charge is 0.264 e. The molecule has 0 unspecified atom stereocenters. The van der Waals surface area contributed by atoms with Gasteiger partial charge in [0.25, 0.3) is 10.0 Å². The number of para-hydroxylation sites is 1. The van der Waals surface area contributed by atoms with Crippen LogP contribution in [-0.4, -0.2) is 19.9 Å². The molecule has 7 heteroatoms. The van der Waals surface area contributed by atoms with E-state index in [-0.39, 0.29) is 17.3 Å². The monoisotopic (exact) mass is 407 g/mol. The van der Waals surface area contributed by atoms with E-state index < -0.39 is 10.0 Å².